The minimum atomic E-state index is -1.20. The first-order chi connectivity index (χ1) is 12.7. The highest BCUT2D eigenvalue weighted by Gasteiger charge is 2.27. The number of amides is 2. The van der Waals surface area contributed by atoms with Gasteiger partial charge in [0, 0.05) is 12.1 Å². The van der Waals surface area contributed by atoms with E-state index in [1.807, 2.05) is 13.8 Å². The summed E-state index contributed by atoms with van der Waals surface area (Å²) in [7, 11) is 0. The van der Waals surface area contributed by atoms with Crippen molar-refractivity contribution in [3.8, 4) is 5.75 Å². The van der Waals surface area contributed by atoms with Crippen molar-refractivity contribution in [2.45, 2.75) is 38.8 Å². The number of carbonyl (C=O) groups is 2. The smallest absolute Gasteiger partial charge is 0.255 e. The van der Waals surface area contributed by atoms with E-state index in [-0.39, 0.29) is 30.2 Å². The minimum absolute atomic E-state index is 0.0256. The molecule has 146 valence electrons. The zero-order chi connectivity index (χ0) is 20.1. The number of halogens is 2. The molecule has 0 bridgehead atoms. The van der Waals surface area contributed by atoms with Crippen LogP contribution in [-0.4, -0.2) is 34.2 Å². The molecular weight excluding hydrogens is 358 g/mol. The number of aliphatic hydroxyl groups excluding tert-OH is 1. The van der Waals surface area contributed by atoms with Gasteiger partial charge < -0.3 is 20.8 Å². The van der Waals surface area contributed by atoms with Gasteiger partial charge in [0.25, 0.3) is 5.91 Å². The van der Waals surface area contributed by atoms with Gasteiger partial charge in [-0.05, 0) is 42.7 Å². The molecule has 0 radical (unpaired) electrons. The standard InChI is InChI=1S/C19H22F2N2O4/c1-10(2)7-16(19(27)22-15-6-3-11(20)8-17(15)25)23-18(26)13-9-12(24)4-5-14(13)21/h3-6,9-10,16-17,24-25H,7-8H2,1-2H3,(H,22,27)(H,23,26)/t16-,17?/m0/s1. The number of phenolic OH excluding ortho intramolecular Hbond substituents is 1. The van der Waals surface area contributed by atoms with Gasteiger partial charge in [-0.25, -0.2) is 8.78 Å². The van der Waals surface area contributed by atoms with Crippen molar-refractivity contribution in [3.05, 3.63) is 53.3 Å². The second-order valence-corrected chi connectivity index (χ2v) is 6.76. The number of carbonyl (C=O) groups excluding carboxylic acids is 2. The van der Waals surface area contributed by atoms with Crippen molar-refractivity contribution in [2.75, 3.05) is 0 Å². The topological polar surface area (TPSA) is 98.7 Å². The monoisotopic (exact) mass is 380 g/mol. The number of benzene rings is 1. The van der Waals surface area contributed by atoms with Crippen LogP contribution >= 0.6 is 0 Å². The largest absolute Gasteiger partial charge is 0.508 e. The molecule has 0 aliphatic heterocycles. The molecule has 1 aliphatic rings. The van der Waals surface area contributed by atoms with E-state index in [0.29, 0.717) is 0 Å². The maximum Gasteiger partial charge on any atom is 0.255 e. The van der Waals surface area contributed by atoms with Crippen molar-refractivity contribution in [1.82, 2.24) is 10.6 Å². The number of hydrogen-bond donors (Lipinski definition) is 4. The van der Waals surface area contributed by atoms with E-state index < -0.39 is 41.2 Å². The van der Waals surface area contributed by atoms with Crippen LogP contribution in [0.15, 0.2) is 41.9 Å². The molecule has 6 nitrogen and oxygen atoms in total. The summed E-state index contributed by atoms with van der Waals surface area (Å²) in [5.74, 6) is -3.06. The number of phenols is 1. The second kappa shape index (κ2) is 8.77. The van der Waals surface area contributed by atoms with Crippen LogP contribution in [0.1, 0.15) is 37.0 Å². The summed E-state index contributed by atoms with van der Waals surface area (Å²) < 4.78 is 27.0. The van der Waals surface area contributed by atoms with Crippen LogP contribution < -0.4 is 10.6 Å². The summed E-state index contributed by atoms with van der Waals surface area (Å²) >= 11 is 0. The highest BCUT2D eigenvalue weighted by Crippen LogP contribution is 2.19. The normalized spacial score (nSPS) is 17.8. The van der Waals surface area contributed by atoms with Crippen LogP contribution in [0.5, 0.6) is 5.75 Å². The van der Waals surface area contributed by atoms with Gasteiger partial charge in [0.2, 0.25) is 5.91 Å². The van der Waals surface area contributed by atoms with Crippen LogP contribution in [0.4, 0.5) is 8.78 Å². The summed E-state index contributed by atoms with van der Waals surface area (Å²) in [6, 6.07) is 2.01. The molecule has 2 amide bonds. The lowest BCUT2D eigenvalue weighted by Gasteiger charge is -2.24. The highest BCUT2D eigenvalue weighted by atomic mass is 19.1. The third-order valence-electron chi connectivity index (χ3n) is 3.98. The van der Waals surface area contributed by atoms with E-state index in [0.717, 1.165) is 24.3 Å². The second-order valence-electron chi connectivity index (χ2n) is 6.76. The average molecular weight is 380 g/mol. The fourth-order valence-corrected chi connectivity index (χ4v) is 2.63. The van der Waals surface area contributed by atoms with E-state index in [1.165, 1.54) is 6.08 Å². The fourth-order valence-electron chi connectivity index (χ4n) is 2.63. The molecule has 2 rings (SSSR count). The minimum Gasteiger partial charge on any atom is -0.508 e. The Bertz CT molecular complexity index is 790. The molecule has 0 aromatic heterocycles. The number of allylic oxidation sites excluding steroid dienone is 2. The predicted molar refractivity (Wildman–Crippen MR) is 94.8 cm³/mol. The lowest BCUT2D eigenvalue weighted by molar-refractivity contribution is -0.123. The Hall–Kier alpha value is -2.74. The molecule has 1 aromatic carbocycles. The van der Waals surface area contributed by atoms with Gasteiger partial charge in [0.1, 0.15) is 29.5 Å². The number of rotatable bonds is 6. The third kappa shape index (κ3) is 5.62. The summed E-state index contributed by atoms with van der Waals surface area (Å²) in [5.41, 5.74) is -0.272. The number of aliphatic hydroxyl groups is 1. The lowest BCUT2D eigenvalue weighted by atomic mass is 10.0. The maximum atomic E-state index is 13.8. The molecule has 1 unspecified atom stereocenters. The molecule has 1 aromatic rings. The molecule has 0 saturated heterocycles. The summed E-state index contributed by atoms with van der Waals surface area (Å²) in [5, 5.41) is 24.2. The summed E-state index contributed by atoms with van der Waals surface area (Å²) in [4.78, 5) is 24.9. The highest BCUT2D eigenvalue weighted by molar-refractivity contribution is 5.98. The Morgan fingerprint density at radius 3 is 2.59 bits per heavy atom. The van der Waals surface area contributed by atoms with E-state index in [2.05, 4.69) is 10.6 Å². The maximum absolute atomic E-state index is 13.8. The van der Waals surface area contributed by atoms with Gasteiger partial charge in [0.15, 0.2) is 0 Å². The predicted octanol–water partition coefficient (Wildman–Crippen LogP) is 2.29. The first-order valence-corrected chi connectivity index (χ1v) is 8.52. The average Bonchev–Trinajstić information content (AvgIpc) is 2.58. The van der Waals surface area contributed by atoms with Gasteiger partial charge in [-0.15, -0.1) is 0 Å². The van der Waals surface area contributed by atoms with Crippen LogP contribution in [-0.2, 0) is 4.79 Å². The molecule has 0 fully saturated rings. The fraction of sp³-hybridized carbons (Fsp3) is 0.368. The van der Waals surface area contributed by atoms with E-state index in [4.69, 9.17) is 0 Å². The Labute approximate surface area is 155 Å². The van der Waals surface area contributed by atoms with Crippen molar-refractivity contribution >= 4 is 11.8 Å². The van der Waals surface area contributed by atoms with Gasteiger partial charge in [-0.3, -0.25) is 9.59 Å². The Balaban J connectivity index is 2.15. The quantitative estimate of drug-likeness (QED) is 0.609. The van der Waals surface area contributed by atoms with E-state index >= 15 is 0 Å². The molecule has 8 heteroatoms. The number of hydrogen-bond acceptors (Lipinski definition) is 4. The Morgan fingerprint density at radius 1 is 1.26 bits per heavy atom. The van der Waals surface area contributed by atoms with Gasteiger partial charge in [-0.1, -0.05) is 13.8 Å². The van der Waals surface area contributed by atoms with Gasteiger partial charge in [-0.2, -0.15) is 0 Å². The van der Waals surface area contributed by atoms with Crippen LogP contribution in [0.25, 0.3) is 0 Å². The number of nitrogens with one attached hydrogen (secondary N) is 2. The lowest BCUT2D eigenvalue weighted by Crippen LogP contribution is -2.48. The van der Waals surface area contributed by atoms with Gasteiger partial charge >= 0.3 is 0 Å². The SMILES string of the molecule is CC(C)C[C@H](NC(=O)c1cc(O)ccc1F)C(=O)NC1=CC=C(F)CC1O. The zero-order valence-corrected chi connectivity index (χ0v) is 15.0. The first-order valence-electron chi connectivity index (χ1n) is 8.52. The molecule has 2 atom stereocenters. The first kappa shape index (κ1) is 20.6. The number of aromatic hydroxyl groups is 1. The Kier molecular flexibility index (Phi) is 6.68. The van der Waals surface area contributed by atoms with Crippen LogP contribution in [0.2, 0.25) is 0 Å². The van der Waals surface area contributed by atoms with Gasteiger partial charge in [0.05, 0.1) is 5.56 Å². The molecule has 0 heterocycles. The Morgan fingerprint density at radius 2 is 1.96 bits per heavy atom. The molecule has 4 N–H and O–H groups in total. The van der Waals surface area contributed by atoms with Crippen LogP contribution in [0, 0.1) is 11.7 Å². The van der Waals surface area contributed by atoms with Crippen molar-refractivity contribution in [1.29, 1.82) is 0 Å². The van der Waals surface area contributed by atoms with Crippen LogP contribution in [0.3, 0.4) is 0 Å². The molecule has 27 heavy (non-hydrogen) atoms. The van der Waals surface area contributed by atoms with Crippen molar-refractivity contribution < 1.29 is 28.6 Å². The van der Waals surface area contributed by atoms with E-state index in [9.17, 15) is 28.6 Å². The summed E-state index contributed by atoms with van der Waals surface area (Å²) in [6.45, 7) is 3.68. The van der Waals surface area contributed by atoms with Crippen molar-refractivity contribution in [3.63, 3.8) is 0 Å². The molecule has 0 spiro atoms. The summed E-state index contributed by atoms with van der Waals surface area (Å²) in [6.07, 6.45) is 1.20. The van der Waals surface area contributed by atoms with Crippen molar-refractivity contribution in [2.24, 2.45) is 5.92 Å². The zero-order valence-electron chi connectivity index (χ0n) is 15.0. The molecule has 1 aliphatic carbocycles. The molecule has 0 saturated carbocycles. The van der Waals surface area contributed by atoms with E-state index in [1.54, 1.807) is 0 Å². The molecular formula is C19H22F2N2O4. The third-order valence-corrected chi connectivity index (χ3v) is 3.98.